The Bertz CT molecular complexity index is 2040. The number of ether oxygens (including phenoxy) is 1. The second kappa shape index (κ2) is 11.7. The largest absolute Gasteiger partial charge is 0.504 e. The van der Waals surface area contributed by atoms with Gasteiger partial charge in [0.1, 0.15) is 24.4 Å². The molecule has 5 atom stereocenters. The third-order valence-electron chi connectivity index (χ3n) is 9.13. The Labute approximate surface area is 282 Å². The number of aromatic hydroxyl groups is 2. The highest BCUT2D eigenvalue weighted by molar-refractivity contribution is 7.13. The van der Waals surface area contributed by atoms with Crippen LogP contribution in [0.25, 0.3) is 5.52 Å². The highest BCUT2D eigenvalue weighted by Gasteiger charge is 2.63. The van der Waals surface area contributed by atoms with Crippen molar-refractivity contribution in [1.29, 1.82) is 0 Å². The van der Waals surface area contributed by atoms with Gasteiger partial charge in [-0.05, 0) is 12.8 Å². The molecule has 4 aliphatic heterocycles. The SMILES string of the molecule is Nc1nc(/C(=N/OC2(C(=O)O)CC3CCC(C2)N3)C(=O)N[C@H]2CON(C3(C(=O)O)CC(n4cc5cc(O)c(O)cn5c4=O)C(=O)O3)C2=O)cs1. The minimum absolute atomic E-state index is 0.0460. The molecule has 2 bridgehead atoms. The van der Waals surface area contributed by atoms with Gasteiger partial charge in [-0.15, -0.1) is 11.3 Å². The van der Waals surface area contributed by atoms with Crippen LogP contribution in [-0.4, -0.2) is 111 Å². The number of nitrogens with zero attached hydrogens (tertiary/aromatic N) is 5. The van der Waals surface area contributed by atoms with Gasteiger partial charge in [-0.3, -0.25) is 23.4 Å². The first-order chi connectivity index (χ1) is 23.7. The fourth-order valence-electron chi connectivity index (χ4n) is 6.70. The predicted octanol–water partition coefficient (Wildman–Crippen LogP) is -1.76. The van der Waals surface area contributed by atoms with Gasteiger partial charge < -0.3 is 46.4 Å². The van der Waals surface area contributed by atoms with Gasteiger partial charge in [0.15, 0.2) is 22.3 Å². The number of nitrogens with two attached hydrogens (primary N) is 1. The molecule has 4 fully saturated rings. The molecule has 0 saturated carbocycles. The van der Waals surface area contributed by atoms with Crippen LogP contribution in [0, 0.1) is 0 Å². The number of hydrogen-bond acceptors (Lipinski definition) is 16. The molecule has 0 radical (unpaired) electrons. The number of nitrogens with one attached hydrogen (secondary N) is 2. The molecule has 0 spiro atoms. The zero-order valence-electron chi connectivity index (χ0n) is 25.5. The van der Waals surface area contributed by atoms with Gasteiger partial charge in [-0.1, -0.05) is 5.16 Å². The molecule has 4 saturated heterocycles. The van der Waals surface area contributed by atoms with Crippen molar-refractivity contribution in [2.75, 3.05) is 12.3 Å². The lowest BCUT2D eigenvalue weighted by atomic mass is 9.87. The fraction of sp³-hybridized carbons (Fsp3) is 0.429. The lowest BCUT2D eigenvalue weighted by Gasteiger charge is -2.35. The van der Waals surface area contributed by atoms with E-state index in [9.17, 15) is 49.2 Å². The average molecular weight is 717 g/mol. The molecular weight excluding hydrogens is 688 g/mol. The molecule has 0 aromatic carbocycles. The molecule has 7 rings (SSSR count). The number of anilines is 1. The number of cyclic esters (lactones) is 1. The Morgan fingerprint density at radius 1 is 1.08 bits per heavy atom. The van der Waals surface area contributed by atoms with Crippen LogP contribution in [0.3, 0.4) is 0 Å². The van der Waals surface area contributed by atoms with Crippen molar-refractivity contribution in [1.82, 2.24) is 29.6 Å². The number of thiazole rings is 1. The molecular formula is C28H28N8O13S. The van der Waals surface area contributed by atoms with Gasteiger partial charge in [-0.25, -0.2) is 24.2 Å². The number of rotatable bonds is 9. The first kappa shape index (κ1) is 32.8. The molecule has 3 aromatic heterocycles. The Morgan fingerprint density at radius 3 is 2.44 bits per heavy atom. The van der Waals surface area contributed by atoms with Crippen LogP contribution >= 0.6 is 11.3 Å². The average Bonchev–Trinajstić information content (AvgIpc) is 3.88. The number of hydrogen-bond donors (Lipinski definition) is 7. The standard InChI is InChI=1S/C28H28N8O13S/c29-25-32-15(10-50-25)19(33-49-27(23(42)43)4-11-1-2-12(5-27)30-11)20(39)31-14-9-47-36(21(14)40)28(24(44)45)6-16(22(41)48-28)35-7-13-3-17(37)18(38)8-34(13)26(35)46/h3,7-8,10-12,14,16,30,37-38H,1-2,4-6,9H2,(H2,29,32)(H,31,39)(H,42,43)(H,44,45)/b33-19-/t11?,12?,14-,16?,27?,28?/m0/s1. The number of oxime groups is 1. The summed E-state index contributed by atoms with van der Waals surface area (Å²) in [5.74, 6) is -7.72. The van der Waals surface area contributed by atoms with E-state index in [0.717, 1.165) is 51.6 Å². The first-order valence-electron chi connectivity index (χ1n) is 15.1. The number of carboxylic acid groups (broad SMARTS) is 2. The van der Waals surface area contributed by atoms with Crippen molar-refractivity contribution in [2.24, 2.45) is 5.16 Å². The second-order valence-electron chi connectivity index (χ2n) is 12.3. The topological polar surface area (TPSA) is 299 Å². The number of nitrogen functional groups attached to an aromatic ring is 1. The van der Waals surface area contributed by atoms with Gasteiger partial charge >= 0.3 is 29.3 Å². The summed E-state index contributed by atoms with van der Waals surface area (Å²) in [6.07, 6.45) is 2.85. The number of pyridine rings is 1. The minimum atomic E-state index is -2.78. The molecule has 4 unspecified atom stereocenters. The van der Waals surface area contributed by atoms with Crippen LogP contribution in [-0.2, 0) is 38.4 Å². The van der Waals surface area contributed by atoms with E-state index < -0.39 is 89.1 Å². The lowest BCUT2D eigenvalue weighted by Crippen LogP contribution is -2.57. The van der Waals surface area contributed by atoms with Crippen LogP contribution in [0.2, 0.25) is 0 Å². The normalized spacial score (nSPS) is 29.4. The Hall–Kier alpha value is -5.74. The number of carbonyl (C=O) groups is 5. The summed E-state index contributed by atoms with van der Waals surface area (Å²) in [4.78, 5) is 93.2. The first-order valence-corrected chi connectivity index (χ1v) is 16.0. The summed E-state index contributed by atoms with van der Waals surface area (Å²) in [7, 11) is 0. The van der Waals surface area contributed by atoms with Crippen molar-refractivity contribution in [2.45, 2.75) is 67.6 Å². The molecule has 2 amide bonds. The number of amides is 2. The lowest BCUT2D eigenvalue weighted by molar-refractivity contribution is -0.256. The van der Waals surface area contributed by atoms with E-state index in [2.05, 4.69) is 20.8 Å². The number of piperidine rings is 1. The summed E-state index contributed by atoms with van der Waals surface area (Å²) in [6.45, 7) is -0.627. The van der Waals surface area contributed by atoms with E-state index in [1.54, 1.807) is 0 Å². The van der Waals surface area contributed by atoms with Crippen LogP contribution < -0.4 is 22.1 Å². The van der Waals surface area contributed by atoms with Crippen LogP contribution in [0.4, 0.5) is 5.13 Å². The quantitative estimate of drug-likeness (QED) is 0.0733. The van der Waals surface area contributed by atoms with E-state index in [1.165, 1.54) is 5.38 Å². The monoisotopic (exact) mass is 716 g/mol. The Kier molecular flexibility index (Phi) is 7.67. The summed E-state index contributed by atoms with van der Waals surface area (Å²) in [5.41, 5.74) is -0.227. The smallest absolute Gasteiger partial charge is 0.372 e. The summed E-state index contributed by atoms with van der Waals surface area (Å²) < 4.78 is 6.92. The van der Waals surface area contributed by atoms with Crippen molar-refractivity contribution >= 4 is 57.4 Å². The predicted molar refractivity (Wildman–Crippen MR) is 164 cm³/mol. The molecule has 50 heavy (non-hydrogen) atoms. The third kappa shape index (κ3) is 5.23. The number of carboxylic acids is 2. The molecule has 21 nitrogen and oxygen atoms in total. The van der Waals surface area contributed by atoms with Gasteiger partial charge in [0.2, 0.25) is 5.60 Å². The molecule has 264 valence electrons. The van der Waals surface area contributed by atoms with Crippen LogP contribution in [0.5, 0.6) is 11.5 Å². The van der Waals surface area contributed by atoms with Gasteiger partial charge in [-0.2, -0.15) is 5.06 Å². The molecule has 3 aromatic rings. The zero-order valence-corrected chi connectivity index (χ0v) is 26.4. The van der Waals surface area contributed by atoms with E-state index in [4.69, 9.17) is 20.1 Å². The molecule has 8 N–H and O–H groups in total. The van der Waals surface area contributed by atoms with Gasteiger partial charge in [0.25, 0.3) is 11.8 Å². The number of aromatic nitrogens is 3. The van der Waals surface area contributed by atoms with Gasteiger partial charge in [0.05, 0.1) is 18.1 Å². The zero-order chi connectivity index (χ0) is 35.7. The third-order valence-corrected chi connectivity index (χ3v) is 9.80. The molecule has 4 aliphatic rings. The number of carbonyl (C=O) groups excluding carboxylic acids is 3. The minimum Gasteiger partial charge on any atom is -0.504 e. The maximum absolute atomic E-state index is 13.6. The molecule has 0 aliphatic carbocycles. The summed E-state index contributed by atoms with van der Waals surface area (Å²) in [6, 6.07) is -2.37. The maximum Gasteiger partial charge on any atom is 0.372 e. The summed E-state index contributed by atoms with van der Waals surface area (Å²) in [5, 5.41) is 51.2. The fourth-order valence-corrected chi connectivity index (χ4v) is 7.24. The Morgan fingerprint density at radius 2 is 1.80 bits per heavy atom. The van der Waals surface area contributed by atoms with Crippen LogP contribution in [0.1, 0.15) is 43.8 Å². The van der Waals surface area contributed by atoms with Gasteiger partial charge in [0, 0.05) is 42.6 Å². The summed E-state index contributed by atoms with van der Waals surface area (Å²) >= 11 is 0.953. The van der Waals surface area contributed by atoms with E-state index in [-0.39, 0.29) is 46.3 Å². The highest BCUT2D eigenvalue weighted by Crippen LogP contribution is 2.40. The highest BCUT2D eigenvalue weighted by atomic mass is 32.1. The van der Waals surface area contributed by atoms with Crippen molar-refractivity contribution in [3.63, 3.8) is 0 Å². The number of esters is 1. The van der Waals surface area contributed by atoms with Crippen molar-refractivity contribution < 1.29 is 58.8 Å². The number of imidazole rings is 1. The van der Waals surface area contributed by atoms with Crippen molar-refractivity contribution in [3.05, 3.63) is 40.0 Å². The maximum atomic E-state index is 13.6. The second-order valence-corrected chi connectivity index (χ2v) is 13.2. The van der Waals surface area contributed by atoms with Crippen LogP contribution in [0.15, 0.2) is 33.8 Å². The number of hydroxylamine groups is 2. The van der Waals surface area contributed by atoms with E-state index in [0.29, 0.717) is 0 Å². The van der Waals surface area contributed by atoms with Crippen molar-refractivity contribution in [3.8, 4) is 11.5 Å². The Balaban J connectivity index is 1.12. The van der Waals surface area contributed by atoms with E-state index >= 15 is 0 Å². The number of fused-ring (bicyclic) bond motifs is 3. The molecule has 22 heteroatoms. The van der Waals surface area contributed by atoms with E-state index in [1.807, 2.05) is 0 Å². The molecule has 7 heterocycles. The number of aliphatic carboxylic acids is 2.